The molecule has 46 heavy (non-hydrogen) atoms. The summed E-state index contributed by atoms with van der Waals surface area (Å²) >= 11 is 3.31. The first-order valence-corrected chi connectivity index (χ1v) is 16.4. The maximum absolute atomic E-state index is 5.08. The van der Waals surface area contributed by atoms with Gasteiger partial charge in [0.1, 0.15) is 12.7 Å². The lowest BCUT2D eigenvalue weighted by Gasteiger charge is -2.16. The Morgan fingerprint density at radius 3 is 2.28 bits per heavy atom. The second-order valence-corrected chi connectivity index (χ2v) is 12.6. The topological polar surface area (TPSA) is 110 Å². The quantitative estimate of drug-likeness (QED) is 0.161. The van der Waals surface area contributed by atoms with Gasteiger partial charge in [-0.25, -0.2) is 24.3 Å². The number of thiophene rings is 2. The Kier molecular flexibility index (Phi) is 6.21. The Labute approximate surface area is 270 Å². The fraction of sp³-hybridized carbons (Fsp3) is 0.0588. The van der Waals surface area contributed by atoms with Crippen molar-refractivity contribution in [1.29, 1.82) is 0 Å². The molecule has 0 radical (unpaired) electrons. The molecule has 9 aromatic rings. The van der Waals surface area contributed by atoms with Gasteiger partial charge in [0, 0.05) is 34.7 Å². The molecule has 0 fully saturated rings. The van der Waals surface area contributed by atoms with Crippen molar-refractivity contribution < 1.29 is 0 Å². The monoisotopic (exact) mass is 636 g/mol. The van der Waals surface area contributed by atoms with Crippen LogP contribution in [0.3, 0.4) is 0 Å². The van der Waals surface area contributed by atoms with Crippen LogP contribution in [0.25, 0.3) is 44.7 Å². The highest BCUT2D eigenvalue weighted by atomic mass is 32.1. The van der Waals surface area contributed by atoms with Gasteiger partial charge in [-0.1, -0.05) is 18.2 Å². The Hall–Kier alpha value is -5.72. The van der Waals surface area contributed by atoms with E-state index in [2.05, 4.69) is 67.8 Å². The van der Waals surface area contributed by atoms with Gasteiger partial charge < -0.3 is 10.6 Å². The zero-order chi connectivity index (χ0) is 30.6. The summed E-state index contributed by atoms with van der Waals surface area (Å²) in [5.74, 6) is 1.80. The number of imidazole rings is 1. The van der Waals surface area contributed by atoms with Gasteiger partial charge in [-0.15, -0.1) is 22.7 Å². The van der Waals surface area contributed by atoms with Crippen LogP contribution in [0.1, 0.15) is 18.2 Å². The molecule has 6 aromatic heterocycles. The molecule has 12 heteroatoms. The minimum absolute atomic E-state index is 0.518. The summed E-state index contributed by atoms with van der Waals surface area (Å²) < 4.78 is 3.99. The third-order valence-corrected chi connectivity index (χ3v) is 9.58. The van der Waals surface area contributed by atoms with E-state index >= 15 is 0 Å². The van der Waals surface area contributed by atoms with Gasteiger partial charge in [-0.3, -0.25) is 9.56 Å². The molecule has 0 aliphatic heterocycles. The number of fused-ring (bicyclic) bond motifs is 1. The van der Waals surface area contributed by atoms with Crippen LogP contribution in [0, 0.1) is 0 Å². The van der Waals surface area contributed by atoms with E-state index in [0.29, 0.717) is 18.0 Å². The highest BCUT2D eigenvalue weighted by Gasteiger charge is 2.22. The predicted octanol–water partition coefficient (Wildman–Crippen LogP) is 8.53. The summed E-state index contributed by atoms with van der Waals surface area (Å²) in [6.45, 7) is 1.93. The lowest BCUT2D eigenvalue weighted by atomic mass is 10.0. The molecule has 0 aliphatic carbocycles. The van der Waals surface area contributed by atoms with E-state index in [0.717, 1.165) is 71.5 Å². The highest BCUT2D eigenvalue weighted by Crippen LogP contribution is 2.38. The number of aromatic nitrogens is 7. The van der Waals surface area contributed by atoms with Crippen molar-refractivity contribution in [3.63, 3.8) is 0 Å². The predicted molar refractivity (Wildman–Crippen MR) is 188 cm³/mol. The Morgan fingerprint density at radius 2 is 1.50 bits per heavy atom. The van der Waals surface area contributed by atoms with E-state index in [-0.39, 0.29) is 0 Å². The fourth-order valence-electron chi connectivity index (χ4n) is 6.07. The molecule has 222 valence electrons. The van der Waals surface area contributed by atoms with Crippen molar-refractivity contribution in [3.05, 3.63) is 107 Å². The van der Waals surface area contributed by atoms with Crippen LogP contribution in [0.15, 0.2) is 101 Å². The Balaban J connectivity index is 1.25. The minimum atomic E-state index is 0.518. The van der Waals surface area contributed by atoms with Gasteiger partial charge in [-0.05, 0) is 72.3 Å². The molecule has 0 bridgehead atoms. The zero-order valence-electron chi connectivity index (χ0n) is 24.4. The standard InChI is InChI=1S/C34H24N10S2/c1-2-35-23-7-3-8-24(39-28-11-5-15-45-28)22(23)17-27-20-13-14-21-30(20)44-33(41-27)36-18-37-34(44)42-32(21)43-19-38-25-9-4-10-26(31(25)43)40-29-12-6-16-46-29/h2-16,18-19,39-40H,17H2,1H3. The van der Waals surface area contributed by atoms with Crippen molar-refractivity contribution in [2.45, 2.75) is 13.3 Å². The molecule has 0 atom stereocenters. The Bertz CT molecular complexity index is 2530. The van der Waals surface area contributed by atoms with Gasteiger partial charge in [-0.2, -0.15) is 4.98 Å². The maximum Gasteiger partial charge on any atom is 0.240 e. The number of hydrogen-bond acceptors (Lipinski definition) is 10. The van der Waals surface area contributed by atoms with Crippen LogP contribution >= 0.6 is 22.7 Å². The van der Waals surface area contributed by atoms with Crippen LogP contribution < -0.4 is 10.6 Å². The van der Waals surface area contributed by atoms with Crippen LogP contribution in [0.5, 0.6) is 0 Å². The molecular weight excluding hydrogens is 613 g/mol. The van der Waals surface area contributed by atoms with Crippen molar-refractivity contribution in [2.75, 3.05) is 10.6 Å². The van der Waals surface area contributed by atoms with Crippen LogP contribution in [-0.4, -0.2) is 40.1 Å². The molecular formula is C34H24N10S2. The summed E-state index contributed by atoms with van der Waals surface area (Å²) in [5.41, 5.74) is 7.57. The molecule has 0 saturated heterocycles. The third-order valence-electron chi connectivity index (χ3n) is 8.01. The van der Waals surface area contributed by atoms with Gasteiger partial charge in [0.2, 0.25) is 11.6 Å². The normalized spacial score (nSPS) is 12.0. The number of benzene rings is 2. The van der Waals surface area contributed by atoms with Crippen molar-refractivity contribution in [2.24, 2.45) is 4.99 Å². The summed E-state index contributed by atoms with van der Waals surface area (Å²) in [7, 11) is 0. The molecule has 10 nitrogen and oxygen atoms in total. The second-order valence-electron chi connectivity index (χ2n) is 10.7. The number of para-hydroxylation sites is 1. The average Bonchev–Trinajstić information content (AvgIpc) is 3.90. The first kappa shape index (κ1) is 26.7. The molecule has 2 N–H and O–H groups in total. The summed E-state index contributed by atoms with van der Waals surface area (Å²) in [4.78, 5) is 28.8. The molecule has 9 rings (SSSR count). The number of nitrogens with zero attached hydrogens (tertiary/aromatic N) is 8. The lowest BCUT2D eigenvalue weighted by molar-refractivity contribution is 0.962. The molecule has 0 amide bonds. The lowest BCUT2D eigenvalue weighted by Crippen LogP contribution is -2.09. The highest BCUT2D eigenvalue weighted by molar-refractivity contribution is 7.14. The molecule has 3 aromatic carbocycles. The van der Waals surface area contributed by atoms with Crippen molar-refractivity contribution >= 4 is 94.8 Å². The van der Waals surface area contributed by atoms with Crippen LogP contribution in [-0.2, 0) is 6.42 Å². The van der Waals surface area contributed by atoms with Gasteiger partial charge >= 0.3 is 0 Å². The molecule has 0 unspecified atom stereocenters. The van der Waals surface area contributed by atoms with E-state index in [4.69, 9.17) is 19.9 Å². The average molecular weight is 637 g/mol. The van der Waals surface area contributed by atoms with Gasteiger partial charge in [0.05, 0.1) is 43.6 Å². The van der Waals surface area contributed by atoms with Crippen LogP contribution in [0.4, 0.5) is 27.1 Å². The van der Waals surface area contributed by atoms with E-state index in [1.807, 2.05) is 64.8 Å². The number of nitrogens with one attached hydrogen (secondary N) is 2. The summed E-state index contributed by atoms with van der Waals surface area (Å²) in [6, 6.07) is 24.7. The first-order chi connectivity index (χ1) is 22.7. The number of aliphatic imine (C=N–C) groups is 1. The van der Waals surface area contributed by atoms with Crippen molar-refractivity contribution in [1.82, 2.24) is 33.9 Å². The van der Waals surface area contributed by atoms with Gasteiger partial charge in [0.25, 0.3) is 0 Å². The largest absolute Gasteiger partial charge is 0.347 e. The smallest absolute Gasteiger partial charge is 0.240 e. The molecule has 0 spiro atoms. The molecule has 0 saturated carbocycles. The first-order valence-electron chi connectivity index (χ1n) is 14.7. The van der Waals surface area contributed by atoms with Crippen molar-refractivity contribution in [3.8, 4) is 5.82 Å². The Morgan fingerprint density at radius 1 is 0.761 bits per heavy atom. The molecule has 0 aliphatic rings. The number of anilines is 4. The van der Waals surface area contributed by atoms with Gasteiger partial charge in [0.15, 0.2) is 5.82 Å². The molecule has 6 heterocycles. The van der Waals surface area contributed by atoms with E-state index in [1.165, 1.54) is 6.33 Å². The van der Waals surface area contributed by atoms with Crippen LogP contribution in [0.2, 0.25) is 0 Å². The summed E-state index contributed by atoms with van der Waals surface area (Å²) in [5, 5.41) is 15.4. The number of rotatable bonds is 8. The van der Waals surface area contributed by atoms with E-state index in [1.54, 1.807) is 22.7 Å². The van der Waals surface area contributed by atoms with E-state index in [9.17, 15) is 0 Å². The third kappa shape index (κ3) is 4.30. The number of hydrogen-bond donors (Lipinski definition) is 2. The maximum atomic E-state index is 5.08. The fourth-order valence-corrected chi connectivity index (χ4v) is 7.33. The summed E-state index contributed by atoms with van der Waals surface area (Å²) in [6.07, 6.45) is 5.73. The SMILES string of the molecule is CC=Nc1cccc(Nc2cccs2)c1Cc1nc2ncnc3nc(-n4cnc5cccc(Nc6cccs6)c54)c4ccc1c4n23. The second kappa shape index (κ2) is 10.7. The zero-order valence-corrected chi connectivity index (χ0v) is 26.0. The minimum Gasteiger partial charge on any atom is -0.347 e. The van der Waals surface area contributed by atoms with E-state index < -0.39 is 0 Å².